The first-order chi connectivity index (χ1) is 20.3. The normalized spacial score (nSPS) is 12.0. The Bertz CT molecular complexity index is 1970. The van der Waals surface area contributed by atoms with Crippen molar-refractivity contribution in [2.75, 3.05) is 0 Å². The maximum absolute atomic E-state index is 15.1. The fourth-order valence-corrected chi connectivity index (χ4v) is 5.15. The number of amides is 1. The van der Waals surface area contributed by atoms with Crippen LogP contribution in [-0.2, 0) is 6.42 Å². The van der Waals surface area contributed by atoms with Crippen LogP contribution in [0.3, 0.4) is 0 Å². The van der Waals surface area contributed by atoms with Crippen LogP contribution in [0.4, 0.5) is 8.78 Å². The Balaban J connectivity index is 1.41. The lowest BCUT2D eigenvalue weighted by Gasteiger charge is -2.17. The number of imidazole rings is 1. The van der Waals surface area contributed by atoms with E-state index in [9.17, 15) is 19.1 Å². The maximum atomic E-state index is 15.1. The molecule has 2 heterocycles. The molecule has 1 amide bonds. The van der Waals surface area contributed by atoms with E-state index in [0.29, 0.717) is 33.5 Å². The van der Waals surface area contributed by atoms with E-state index in [4.69, 9.17) is 0 Å². The number of fused-ring (bicyclic) bond motifs is 2. The summed E-state index contributed by atoms with van der Waals surface area (Å²) in [7, 11) is 0. The predicted octanol–water partition coefficient (Wildman–Crippen LogP) is 7.21. The second-order valence-electron chi connectivity index (χ2n) is 10.2. The minimum absolute atomic E-state index is 0.149. The molecule has 4 aromatic carbocycles. The zero-order valence-corrected chi connectivity index (χ0v) is 22.5. The van der Waals surface area contributed by atoms with E-state index in [1.165, 1.54) is 30.3 Å². The lowest BCUT2D eigenvalue weighted by molar-refractivity contribution is 0.0696. The van der Waals surface area contributed by atoms with Crippen molar-refractivity contribution >= 4 is 28.2 Å². The van der Waals surface area contributed by atoms with Gasteiger partial charge in [-0.25, -0.2) is 18.6 Å². The van der Waals surface area contributed by atoms with Gasteiger partial charge in [-0.15, -0.1) is 0 Å². The summed E-state index contributed by atoms with van der Waals surface area (Å²) < 4.78 is 30.5. The molecule has 0 saturated carbocycles. The van der Waals surface area contributed by atoms with Crippen LogP contribution in [0.25, 0.3) is 27.4 Å². The van der Waals surface area contributed by atoms with Gasteiger partial charge in [-0.3, -0.25) is 4.79 Å². The van der Waals surface area contributed by atoms with Gasteiger partial charge < -0.3 is 14.8 Å². The van der Waals surface area contributed by atoms with Crippen LogP contribution in [0, 0.1) is 11.6 Å². The van der Waals surface area contributed by atoms with Gasteiger partial charge in [0, 0.05) is 12.6 Å². The monoisotopic (exact) mass is 561 g/mol. The minimum atomic E-state index is -1.03. The topological polar surface area (TPSA) is 83.7 Å². The van der Waals surface area contributed by atoms with Crippen LogP contribution in [0.15, 0.2) is 104 Å². The Morgan fingerprint density at radius 1 is 0.905 bits per heavy atom. The zero-order valence-electron chi connectivity index (χ0n) is 22.5. The number of carbonyl (C=O) groups is 2. The summed E-state index contributed by atoms with van der Waals surface area (Å²) in [6.45, 7) is 1.80. The number of carbonyl (C=O) groups excluding carboxylic acids is 1. The number of rotatable bonds is 7. The Morgan fingerprint density at radius 2 is 1.60 bits per heavy atom. The van der Waals surface area contributed by atoms with Crippen LogP contribution in [-0.4, -0.2) is 26.4 Å². The van der Waals surface area contributed by atoms with Crippen molar-refractivity contribution in [3.63, 3.8) is 0 Å². The number of benzene rings is 4. The molecule has 42 heavy (non-hydrogen) atoms. The first kappa shape index (κ1) is 26.8. The average Bonchev–Trinajstić information content (AvgIpc) is 3.40. The van der Waals surface area contributed by atoms with Gasteiger partial charge in [0.15, 0.2) is 0 Å². The molecule has 208 valence electrons. The Hall–Kier alpha value is -5.37. The molecule has 0 spiro atoms. The van der Waals surface area contributed by atoms with E-state index >= 15 is 4.39 Å². The number of halogens is 2. The summed E-state index contributed by atoms with van der Waals surface area (Å²) in [6.07, 6.45) is 3.55. The number of carboxylic acid groups (broad SMARTS) is 1. The van der Waals surface area contributed by atoms with E-state index in [-0.39, 0.29) is 29.5 Å². The largest absolute Gasteiger partial charge is 0.478 e. The van der Waals surface area contributed by atoms with Gasteiger partial charge in [0.1, 0.15) is 11.6 Å². The van der Waals surface area contributed by atoms with Crippen molar-refractivity contribution in [1.82, 2.24) is 14.7 Å². The highest BCUT2D eigenvalue weighted by Crippen LogP contribution is 2.29. The van der Waals surface area contributed by atoms with Crippen LogP contribution in [0.1, 0.15) is 50.5 Å². The standard InChI is InChI=1S/C34H25F2N3O3/c1-20(21-6-8-23(9-7-21)34(41)42)38-33(40)29-15-27(22-10-12-28(35)13-11-22)18-39-19-37-31(32(29)39)17-26-14-24-4-2-3-5-25(24)16-30(26)36/h2-16,18-20H,17H2,1H3,(H,38,40)(H,41,42)/t20-/m0/s1. The zero-order chi connectivity index (χ0) is 29.4. The van der Waals surface area contributed by atoms with Crippen molar-refractivity contribution in [2.24, 2.45) is 0 Å². The van der Waals surface area contributed by atoms with Crippen molar-refractivity contribution < 1.29 is 23.5 Å². The molecule has 0 aliphatic carbocycles. The van der Waals surface area contributed by atoms with Crippen molar-refractivity contribution in [1.29, 1.82) is 0 Å². The summed E-state index contributed by atoms with van der Waals surface area (Å²) in [5.74, 6) is -2.15. The average molecular weight is 562 g/mol. The summed E-state index contributed by atoms with van der Waals surface area (Å²) in [5.41, 5.74) is 4.08. The van der Waals surface area contributed by atoms with E-state index in [0.717, 1.165) is 16.3 Å². The second kappa shape index (κ2) is 10.9. The first-order valence-electron chi connectivity index (χ1n) is 13.3. The van der Waals surface area contributed by atoms with Gasteiger partial charge in [0.2, 0.25) is 0 Å². The molecule has 6 nitrogen and oxygen atoms in total. The van der Waals surface area contributed by atoms with E-state index < -0.39 is 12.0 Å². The van der Waals surface area contributed by atoms with Crippen LogP contribution in [0.5, 0.6) is 0 Å². The summed E-state index contributed by atoms with van der Waals surface area (Å²) >= 11 is 0. The second-order valence-corrected chi connectivity index (χ2v) is 10.2. The number of aromatic nitrogens is 2. The van der Waals surface area contributed by atoms with Crippen LogP contribution >= 0.6 is 0 Å². The SMILES string of the molecule is C[C@H](NC(=O)c1cc(-c2ccc(F)cc2)cn2cnc(Cc3cc4ccccc4cc3F)c12)c1ccc(C(=O)O)cc1. The molecule has 2 aromatic heterocycles. The Morgan fingerprint density at radius 3 is 2.29 bits per heavy atom. The number of hydrogen-bond acceptors (Lipinski definition) is 3. The molecule has 0 saturated heterocycles. The lowest BCUT2D eigenvalue weighted by Crippen LogP contribution is -2.27. The fourth-order valence-electron chi connectivity index (χ4n) is 5.15. The van der Waals surface area contributed by atoms with Gasteiger partial charge in [-0.05, 0) is 82.4 Å². The molecule has 6 aromatic rings. The molecular formula is C34H25F2N3O3. The third-order valence-electron chi connectivity index (χ3n) is 7.40. The third kappa shape index (κ3) is 5.22. The molecular weight excluding hydrogens is 536 g/mol. The van der Waals surface area contributed by atoms with Gasteiger partial charge in [-0.1, -0.05) is 48.5 Å². The van der Waals surface area contributed by atoms with E-state index in [1.807, 2.05) is 24.3 Å². The first-order valence-corrected chi connectivity index (χ1v) is 13.3. The Kier molecular flexibility index (Phi) is 6.96. The molecule has 2 N–H and O–H groups in total. The highest BCUT2D eigenvalue weighted by atomic mass is 19.1. The lowest BCUT2D eigenvalue weighted by atomic mass is 9.99. The quantitative estimate of drug-likeness (QED) is 0.216. The molecule has 1 atom stereocenters. The third-order valence-corrected chi connectivity index (χ3v) is 7.40. The smallest absolute Gasteiger partial charge is 0.335 e. The number of nitrogens with one attached hydrogen (secondary N) is 1. The molecule has 0 fully saturated rings. The van der Waals surface area contributed by atoms with Gasteiger partial charge >= 0.3 is 5.97 Å². The number of nitrogens with zero attached hydrogens (tertiary/aromatic N) is 2. The molecule has 0 radical (unpaired) electrons. The molecule has 0 aliphatic heterocycles. The van der Waals surface area contributed by atoms with Crippen LogP contribution in [0.2, 0.25) is 0 Å². The van der Waals surface area contributed by atoms with Gasteiger partial charge in [0.25, 0.3) is 5.91 Å². The minimum Gasteiger partial charge on any atom is -0.478 e. The highest BCUT2D eigenvalue weighted by Gasteiger charge is 2.21. The van der Waals surface area contributed by atoms with E-state index in [1.54, 1.807) is 60.2 Å². The fraction of sp³-hybridized carbons (Fsp3) is 0.0882. The van der Waals surface area contributed by atoms with Gasteiger partial charge in [-0.2, -0.15) is 0 Å². The maximum Gasteiger partial charge on any atom is 0.335 e. The number of aromatic carboxylic acids is 1. The molecule has 0 aliphatic rings. The van der Waals surface area contributed by atoms with Crippen molar-refractivity contribution in [3.8, 4) is 11.1 Å². The summed E-state index contributed by atoms with van der Waals surface area (Å²) in [6, 6.07) is 24.4. The molecule has 6 rings (SSSR count). The van der Waals surface area contributed by atoms with E-state index in [2.05, 4.69) is 10.3 Å². The van der Waals surface area contributed by atoms with Crippen molar-refractivity contribution in [2.45, 2.75) is 19.4 Å². The molecule has 8 heteroatoms. The Labute approximate surface area is 239 Å². The highest BCUT2D eigenvalue weighted by molar-refractivity contribution is 6.03. The number of hydrogen-bond donors (Lipinski definition) is 2. The number of carboxylic acids is 1. The number of pyridine rings is 1. The summed E-state index contributed by atoms with van der Waals surface area (Å²) in [4.78, 5) is 29.6. The summed E-state index contributed by atoms with van der Waals surface area (Å²) in [5, 5.41) is 13.9. The van der Waals surface area contributed by atoms with Crippen LogP contribution < -0.4 is 5.32 Å². The molecule has 0 unspecified atom stereocenters. The molecule has 0 bridgehead atoms. The van der Waals surface area contributed by atoms with Gasteiger partial charge in [0.05, 0.1) is 34.7 Å². The predicted molar refractivity (Wildman–Crippen MR) is 157 cm³/mol. The van der Waals surface area contributed by atoms with Crippen molar-refractivity contribution in [3.05, 3.63) is 143 Å².